The molecule has 0 aliphatic carbocycles. The normalized spacial score (nSPS) is 11.1. The molecule has 1 aromatic carbocycles. The van der Waals surface area contributed by atoms with Crippen molar-refractivity contribution in [2.75, 3.05) is 5.32 Å². The van der Waals surface area contributed by atoms with Gasteiger partial charge in [-0.2, -0.15) is 5.10 Å². The van der Waals surface area contributed by atoms with Gasteiger partial charge in [-0.1, -0.05) is 24.3 Å². The Labute approximate surface area is 182 Å². The van der Waals surface area contributed by atoms with Crippen LogP contribution in [0.5, 0.6) is 0 Å². The summed E-state index contributed by atoms with van der Waals surface area (Å²) in [5.74, 6) is 0.663. The van der Waals surface area contributed by atoms with E-state index in [1.807, 2.05) is 49.7 Å². The van der Waals surface area contributed by atoms with Crippen molar-refractivity contribution in [2.45, 2.75) is 33.9 Å². The summed E-state index contributed by atoms with van der Waals surface area (Å²) in [5.41, 5.74) is 4.23. The second-order valence-electron chi connectivity index (χ2n) is 7.05. The van der Waals surface area contributed by atoms with Crippen molar-refractivity contribution in [2.24, 2.45) is 0 Å². The van der Waals surface area contributed by atoms with Crippen molar-refractivity contribution in [3.8, 4) is 0 Å². The van der Waals surface area contributed by atoms with Gasteiger partial charge in [0, 0.05) is 0 Å². The number of carbonyl (C=O) groups excluding carboxylic acids is 1. The highest BCUT2D eigenvalue weighted by molar-refractivity contribution is 9.10. The fourth-order valence-electron chi connectivity index (χ4n) is 3.11. The zero-order valence-corrected chi connectivity index (χ0v) is 18.5. The Morgan fingerprint density at radius 1 is 1.10 bits per heavy atom. The number of hydrogen-bond donors (Lipinski definition) is 1. The zero-order valence-electron chi connectivity index (χ0n) is 16.9. The Balaban J connectivity index is 1.41. The van der Waals surface area contributed by atoms with Crippen LogP contribution < -0.4 is 5.32 Å². The fraction of sp³-hybridized carbons (Fsp3) is 0.238. The molecule has 0 fully saturated rings. The molecule has 4 rings (SSSR count). The molecule has 8 nitrogen and oxygen atoms in total. The SMILES string of the molecule is Cc1ccccc1Cn1cnc(NC(=O)c2ccc(Cn3nc(C)c(Br)c3C)o2)n1. The van der Waals surface area contributed by atoms with E-state index >= 15 is 0 Å². The summed E-state index contributed by atoms with van der Waals surface area (Å²) in [4.78, 5) is 16.7. The number of halogens is 1. The first-order valence-corrected chi connectivity index (χ1v) is 10.2. The summed E-state index contributed by atoms with van der Waals surface area (Å²) in [5, 5.41) is 11.5. The van der Waals surface area contributed by atoms with Crippen molar-refractivity contribution in [3.63, 3.8) is 0 Å². The molecular weight excluding hydrogens is 448 g/mol. The lowest BCUT2D eigenvalue weighted by atomic mass is 10.1. The molecule has 154 valence electrons. The number of anilines is 1. The van der Waals surface area contributed by atoms with Gasteiger partial charge in [0.2, 0.25) is 5.95 Å². The van der Waals surface area contributed by atoms with Crippen LogP contribution in [-0.4, -0.2) is 30.5 Å². The van der Waals surface area contributed by atoms with Crippen LogP contribution in [-0.2, 0) is 13.1 Å². The second-order valence-corrected chi connectivity index (χ2v) is 7.85. The summed E-state index contributed by atoms with van der Waals surface area (Å²) in [6.45, 7) is 6.97. The van der Waals surface area contributed by atoms with Crippen LogP contribution in [0.1, 0.15) is 38.8 Å². The molecule has 0 spiro atoms. The van der Waals surface area contributed by atoms with Crippen molar-refractivity contribution >= 4 is 27.8 Å². The third kappa shape index (κ3) is 4.20. The van der Waals surface area contributed by atoms with Crippen molar-refractivity contribution in [3.05, 3.63) is 81.2 Å². The number of nitrogens with zero attached hydrogens (tertiary/aromatic N) is 5. The van der Waals surface area contributed by atoms with E-state index in [0.717, 1.165) is 21.4 Å². The molecule has 0 aliphatic rings. The van der Waals surface area contributed by atoms with E-state index in [-0.39, 0.29) is 11.7 Å². The smallest absolute Gasteiger partial charge is 0.293 e. The quantitative estimate of drug-likeness (QED) is 0.459. The summed E-state index contributed by atoms with van der Waals surface area (Å²) in [6, 6.07) is 11.5. The molecule has 3 aromatic heterocycles. The van der Waals surface area contributed by atoms with Crippen LogP contribution in [0.15, 0.2) is 51.6 Å². The summed E-state index contributed by atoms with van der Waals surface area (Å²) in [6.07, 6.45) is 1.59. The maximum Gasteiger partial charge on any atom is 0.293 e. The van der Waals surface area contributed by atoms with Gasteiger partial charge in [-0.05, 0) is 60.0 Å². The van der Waals surface area contributed by atoms with E-state index in [1.54, 1.807) is 23.1 Å². The van der Waals surface area contributed by atoms with Gasteiger partial charge in [0.25, 0.3) is 5.91 Å². The number of rotatable bonds is 6. The molecule has 0 saturated heterocycles. The van der Waals surface area contributed by atoms with Gasteiger partial charge in [0.15, 0.2) is 5.76 Å². The summed E-state index contributed by atoms with van der Waals surface area (Å²) < 4.78 is 10.2. The van der Waals surface area contributed by atoms with Crippen LogP contribution in [0.2, 0.25) is 0 Å². The lowest BCUT2D eigenvalue weighted by molar-refractivity contribution is 0.0993. The molecule has 0 atom stereocenters. The minimum absolute atomic E-state index is 0.195. The number of furan rings is 1. The Morgan fingerprint density at radius 2 is 1.90 bits per heavy atom. The molecule has 0 bridgehead atoms. The standard InChI is InChI=1S/C21H21BrN6O2/c1-13-6-4-5-7-16(13)10-27-12-23-21(26-27)24-20(29)18-9-8-17(30-18)11-28-15(3)19(22)14(2)25-28/h4-9,12H,10-11H2,1-3H3,(H,24,26,29). The highest BCUT2D eigenvalue weighted by atomic mass is 79.9. The number of nitrogens with one attached hydrogen (secondary N) is 1. The molecule has 0 saturated carbocycles. The number of aryl methyl sites for hydroxylation is 2. The first kappa shape index (κ1) is 20.1. The Bertz CT molecular complexity index is 1210. The molecule has 0 aliphatic heterocycles. The third-order valence-corrected chi connectivity index (χ3v) is 5.99. The Morgan fingerprint density at radius 3 is 2.63 bits per heavy atom. The topological polar surface area (TPSA) is 90.8 Å². The molecule has 3 heterocycles. The van der Waals surface area contributed by atoms with E-state index < -0.39 is 5.91 Å². The Kier molecular flexibility index (Phi) is 5.54. The van der Waals surface area contributed by atoms with Gasteiger partial charge in [-0.3, -0.25) is 14.8 Å². The highest BCUT2D eigenvalue weighted by Gasteiger charge is 2.16. The van der Waals surface area contributed by atoms with Crippen molar-refractivity contribution < 1.29 is 9.21 Å². The minimum Gasteiger partial charge on any atom is -0.454 e. The van der Waals surface area contributed by atoms with Crippen molar-refractivity contribution in [1.29, 1.82) is 0 Å². The molecule has 30 heavy (non-hydrogen) atoms. The average molecular weight is 469 g/mol. The van der Waals surface area contributed by atoms with Gasteiger partial charge in [-0.15, -0.1) is 5.10 Å². The van der Waals surface area contributed by atoms with Gasteiger partial charge >= 0.3 is 0 Å². The third-order valence-electron chi connectivity index (χ3n) is 4.84. The monoisotopic (exact) mass is 468 g/mol. The number of benzene rings is 1. The number of aromatic nitrogens is 5. The minimum atomic E-state index is -0.399. The van der Waals surface area contributed by atoms with Crippen molar-refractivity contribution in [1.82, 2.24) is 24.5 Å². The molecule has 1 N–H and O–H groups in total. The molecule has 9 heteroatoms. The molecule has 0 radical (unpaired) electrons. The molecule has 1 amide bonds. The maximum absolute atomic E-state index is 12.5. The van der Waals surface area contributed by atoms with Gasteiger partial charge in [0.1, 0.15) is 12.1 Å². The Hall–Kier alpha value is -3.20. The zero-order chi connectivity index (χ0) is 21.3. The molecule has 0 unspecified atom stereocenters. The van der Waals surface area contributed by atoms with E-state index in [0.29, 0.717) is 18.8 Å². The number of hydrogen-bond acceptors (Lipinski definition) is 5. The predicted molar refractivity (Wildman–Crippen MR) is 115 cm³/mol. The molecular formula is C21H21BrN6O2. The van der Waals surface area contributed by atoms with Crippen LogP contribution in [0, 0.1) is 20.8 Å². The van der Waals surface area contributed by atoms with Gasteiger partial charge < -0.3 is 4.42 Å². The van der Waals surface area contributed by atoms with E-state index in [4.69, 9.17) is 4.42 Å². The van der Waals surface area contributed by atoms with E-state index in [2.05, 4.69) is 36.4 Å². The lowest BCUT2D eigenvalue weighted by Gasteiger charge is -2.04. The van der Waals surface area contributed by atoms with Crippen LogP contribution in [0.25, 0.3) is 0 Å². The lowest BCUT2D eigenvalue weighted by Crippen LogP contribution is -2.13. The number of amides is 1. The van der Waals surface area contributed by atoms with Crippen LogP contribution in [0.3, 0.4) is 0 Å². The van der Waals surface area contributed by atoms with Gasteiger partial charge in [-0.25, -0.2) is 9.67 Å². The van der Waals surface area contributed by atoms with Gasteiger partial charge in [0.05, 0.1) is 29.0 Å². The maximum atomic E-state index is 12.5. The first-order chi connectivity index (χ1) is 14.4. The molecule has 4 aromatic rings. The predicted octanol–water partition coefficient (Wildman–Crippen LogP) is 4.10. The highest BCUT2D eigenvalue weighted by Crippen LogP contribution is 2.21. The largest absolute Gasteiger partial charge is 0.454 e. The van der Waals surface area contributed by atoms with E-state index in [9.17, 15) is 4.79 Å². The average Bonchev–Trinajstić information content (AvgIpc) is 3.42. The van der Waals surface area contributed by atoms with E-state index in [1.165, 1.54) is 5.56 Å². The van der Waals surface area contributed by atoms with Crippen LogP contribution >= 0.6 is 15.9 Å². The second kappa shape index (κ2) is 8.27. The fourth-order valence-corrected chi connectivity index (χ4v) is 3.40. The summed E-state index contributed by atoms with van der Waals surface area (Å²) in [7, 11) is 0. The number of carbonyl (C=O) groups is 1. The summed E-state index contributed by atoms with van der Waals surface area (Å²) >= 11 is 3.51. The first-order valence-electron chi connectivity index (χ1n) is 9.44. The van der Waals surface area contributed by atoms with Crippen LogP contribution in [0.4, 0.5) is 5.95 Å².